The number of rotatable bonds is 1. The molecule has 0 unspecified atom stereocenters. The summed E-state index contributed by atoms with van der Waals surface area (Å²) in [6.45, 7) is 2.13. The van der Waals surface area contributed by atoms with Crippen molar-refractivity contribution in [2.24, 2.45) is 0 Å². The van der Waals surface area contributed by atoms with Crippen LogP contribution in [0.3, 0.4) is 0 Å². The van der Waals surface area contributed by atoms with Gasteiger partial charge in [-0.3, -0.25) is 0 Å². The molecule has 1 aromatic heterocycles. The molecule has 0 spiro atoms. The minimum Gasteiger partial charge on any atom is -0.143 e. The van der Waals surface area contributed by atoms with Crippen LogP contribution in [0, 0.1) is 3.57 Å². The molecule has 0 aliphatic carbocycles. The summed E-state index contributed by atoms with van der Waals surface area (Å²) in [6.07, 6.45) is 1.00. The summed E-state index contributed by atoms with van der Waals surface area (Å²) in [5.41, 5.74) is 1.24. The van der Waals surface area contributed by atoms with Gasteiger partial charge in [-0.25, -0.2) is 0 Å². The summed E-state index contributed by atoms with van der Waals surface area (Å²) < 4.78 is 2.55. The van der Waals surface area contributed by atoms with E-state index in [1.165, 1.54) is 19.2 Å². The molecule has 2 aromatic rings. The van der Waals surface area contributed by atoms with Crippen LogP contribution in [-0.2, 0) is 6.42 Å². The van der Waals surface area contributed by atoms with E-state index in [1.807, 2.05) is 0 Å². The number of halogens is 2. The van der Waals surface area contributed by atoms with Crippen molar-refractivity contribution in [3.8, 4) is 0 Å². The third-order valence-corrected chi connectivity index (χ3v) is 4.75. The SMILES string of the molecule is CCc1ccc2scc(I)c2c1Cl. The van der Waals surface area contributed by atoms with Gasteiger partial charge >= 0.3 is 0 Å². The summed E-state index contributed by atoms with van der Waals surface area (Å²) in [5, 5.41) is 4.31. The molecule has 3 heteroatoms. The van der Waals surface area contributed by atoms with Crippen molar-refractivity contribution < 1.29 is 0 Å². The van der Waals surface area contributed by atoms with E-state index >= 15 is 0 Å². The van der Waals surface area contributed by atoms with Crippen LogP contribution in [-0.4, -0.2) is 0 Å². The van der Waals surface area contributed by atoms with Crippen molar-refractivity contribution in [2.75, 3.05) is 0 Å². The fraction of sp³-hybridized carbons (Fsp3) is 0.200. The van der Waals surface area contributed by atoms with E-state index in [0.29, 0.717) is 0 Å². The molecule has 0 amide bonds. The smallest absolute Gasteiger partial charge is 0.0535 e. The highest BCUT2D eigenvalue weighted by Crippen LogP contribution is 2.35. The van der Waals surface area contributed by atoms with Crippen molar-refractivity contribution in [1.29, 1.82) is 0 Å². The largest absolute Gasteiger partial charge is 0.143 e. The normalized spacial score (nSPS) is 11.0. The highest BCUT2D eigenvalue weighted by atomic mass is 127. The van der Waals surface area contributed by atoms with Crippen molar-refractivity contribution in [2.45, 2.75) is 13.3 Å². The molecule has 0 radical (unpaired) electrons. The minimum atomic E-state index is 0.936. The molecule has 0 saturated carbocycles. The average Bonchev–Trinajstić information content (AvgIpc) is 2.49. The summed E-state index contributed by atoms with van der Waals surface area (Å²) in [6, 6.07) is 4.28. The minimum absolute atomic E-state index is 0.936. The molecule has 0 saturated heterocycles. The first-order chi connectivity index (χ1) is 6.24. The van der Waals surface area contributed by atoms with Crippen LogP contribution in [0.1, 0.15) is 12.5 Å². The van der Waals surface area contributed by atoms with Gasteiger partial charge in [-0.05, 0) is 40.6 Å². The van der Waals surface area contributed by atoms with Gasteiger partial charge in [0.2, 0.25) is 0 Å². The van der Waals surface area contributed by atoms with E-state index in [4.69, 9.17) is 11.6 Å². The summed E-state index contributed by atoms with van der Waals surface area (Å²) in [7, 11) is 0. The molecule has 0 N–H and O–H groups in total. The van der Waals surface area contributed by atoms with Gasteiger partial charge in [-0.1, -0.05) is 24.6 Å². The molecule has 68 valence electrons. The monoisotopic (exact) mass is 322 g/mol. The third-order valence-electron chi connectivity index (χ3n) is 2.09. The van der Waals surface area contributed by atoms with E-state index in [2.05, 4.69) is 47.0 Å². The maximum Gasteiger partial charge on any atom is 0.0535 e. The molecule has 0 aliphatic heterocycles. The molecule has 0 atom stereocenters. The standard InChI is InChI=1S/C10H8ClIS/c1-2-6-3-4-8-9(10(6)11)7(12)5-13-8/h3-5H,2H2,1H3. The van der Waals surface area contributed by atoms with Gasteiger partial charge in [0, 0.05) is 19.0 Å². The summed E-state index contributed by atoms with van der Waals surface area (Å²) in [5.74, 6) is 0. The Hall–Kier alpha value is 0.200. The van der Waals surface area contributed by atoms with Gasteiger partial charge in [0.25, 0.3) is 0 Å². The zero-order valence-corrected chi connectivity index (χ0v) is 10.8. The van der Waals surface area contributed by atoms with Crippen LogP contribution in [0.2, 0.25) is 5.02 Å². The Morgan fingerprint density at radius 3 is 2.92 bits per heavy atom. The zero-order chi connectivity index (χ0) is 9.42. The van der Waals surface area contributed by atoms with E-state index in [1.54, 1.807) is 11.3 Å². The maximum atomic E-state index is 6.29. The Bertz CT molecular complexity index is 447. The molecule has 0 nitrogen and oxygen atoms in total. The van der Waals surface area contributed by atoms with E-state index < -0.39 is 0 Å². The van der Waals surface area contributed by atoms with Crippen LogP contribution in [0.5, 0.6) is 0 Å². The molecule has 0 aliphatic rings. The Morgan fingerprint density at radius 2 is 2.23 bits per heavy atom. The van der Waals surface area contributed by atoms with Crippen LogP contribution in [0.15, 0.2) is 17.5 Å². The number of benzene rings is 1. The van der Waals surface area contributed by atoms with Gasteiger partial charge in [-0.15, -0.1) is 11.3 Å². The topological polar surface area (TPSA) is 0 Å². The lowest BCUT2D eigenvalue weighted by Gasteiger charge is -2.02. The van der Waals surface area contributed by atoms with E-state index in [-0.39, 0.29) is 0 Å². The molecular formula is C10H8ClIS. The Balaban J connectivity index is 2.83. The van der Waals surface area contributed by atoms with E-state index in [9.17, 15) is 0 Å². The second-order valence-corrected chi connectivity index (χ2v) is 5.30. The number of hydrogen-bond donors (Lipinski definition) is 0. The quantitative estimate of drug-likeness (QED) is 0.666. The third kappa shape index (κ3) is 1.60. The second kappa shape index (κ2) is 3.75. The highest BCUT2D eigenvalue weighted by molar-refractivity contribution is 14.1. The Kier molecular flexibility index (Phi) is 2.81. The predicted molar refractivity (Wildman–Crippen MR) is 68.9 cm³/mol. The average molecular weight is 323 g/mol. The van der Waals surface area contributed by atoms with Crippen molar-refractivity contribution in [3.05, 3.63) is 31.7 Å². The number of aryl methyl sites for hydroxylation is 1. The molecule has 1 heterocycles. The van der Waals surface area contributed by atoms with Crippen LogP contribution in [0.25, 0.3) is 10.1 Å². The van der Waals surface area contributed by atoms with Crippen LogP contribution in [0.4, 0.5) is 0 Å². The van der Waals surface area contributed by atoms with Crippen molar-refractivity contribution >= 4 is 55.6 Å². The van der Waals surface area contributed by atoms with Crippen molar-refractivity contribution in [3.63, 3.8) is 0 Å². The number of hydrogen-bond acceptors (Lipinski definition) is 1. The Labute approximate surface area is 100 Å². The fourth-order valence-corrected chi connectivity index (χ4v) is 3.93. The first-order valence-electron chi connectivity index (χ1n) is 4.08. The summed E-state index contributed by atoms with van der Waals surface area (Å²) >= 11 is 10.4. The second-order valence-electron chi connectivity index (χ2n) is 2.85. The molecular weight excluding hydrogens is 315 g/mol. The maximum absolute atomic E-state index is 6.29. The number of thiophene rings is 1. The lowest BCUT2D eigenvalue weighted by molar-refractivity contribution is 1.15. The van der Waals surface area contributed by atoms with Gasteiger partial charge in [-0.2, -0.15) is 0 Å². The molecule has 2 rings (SSSR count). The highest BCUT2D eigenvalue weighted by Gasteiger charge is 2.08. The number of fused-ring (bicyclic) bond motifs is 1. The van der Waals surface area contributed by atoms with Crippen LogP contribution >= 0.6 is 45.5 Å². The van der Waals surface area contributed by atoms with E-state index in [0.717, 1.165) is 11.4 Å². The van der Waals surface area contributed by atoms with Gasteiger partial charge in [0.15, 0.2) is 0 Å². The van der Waals surface area contributed by atoms with Gasteiger partial charge in [0.1, 0.15) is 0 Å². The van der Waals surface area contributed by atoms with Crippen LogP contribution < -0.4 is 0 Å². The zero-order valence-electron chi connectivity index (χ0n) is 7.10. The molecule has 0 bridgehead atoms. The molecule has 1 aromatic carbocycles. The Morgan fingerprint density at radius 1 is 1.46 bits per heavy atom. The molecule has 13 heavy (non-hydrogen) atoms. The predicted octanol–water partition coefficient (Wildman–Crippen LogP) is 4.72. The lowest BCUT2D eigenvalue weighted by atomic mass is 10.1. The first kappa shape index (κ1) is 9.74. The molecule has 0 fully saturated rings. The first-order valence-corrected chi connectivity index (χ1v) is 6.41. The van der Waals surface area contributed by atoms with Gasteiger partial charge in [0.05, 0.1) is 5.02 Å². The fourth-order valence-electron chi connectivity index (χ4n) is 1.37. The summed E-state index contributed by atoms with van der Waals surface area (Å²) in [4.78, 5) is 0. The lowest BCUT2D eigenvalue weighted by Crippen LogP contribution is -1.82. The van der Waals surface area contributed by atoms with Crippen molar-refractivity contribution in [1.82, 2.24) is 0 Å². The van der Waals surface area contributed by atoms with Gasteiger partial charge < -0.3 is 0 Å².